The summed E-state index contributed by atoms with van der Waals surface area (Å²) in [6, 6.07) is 16.2. The van der Waals surface area contributed by atoms with Crippen LogP contribution in [-0.2, 0) is 6.42 Å². The summed E-state index contributed by atoms with van der Waals surface area (Å²) in [7, 11) is 0. The average Bonchev–Trinajstić information content (AvgIpc) is 2.51. The number of para-hydroxylation sites is 1. The van der Waals surface area contributed by atoms with E-state index in [-0.39, 0.29) is 0 Å². The Hall–Kier alpha value is -2.07. The van der Waals surface area contributed by atoms with Crippen molar-refractivity contribution in [2.75, 3.05) is 17.6 Å². The van der Waals surface area contributed by atoms with Gasteiger partial charge in [0.15, 0.2) is 0 Å². The van der Waals surface area contributed by atoms with Crippen LogP contribution >= 0.6 is 15.9 Å². The molecule has 4 heteroatoms. The van der Waals surface area contributed by atoms with Crippen LogP contribution in [0.25, 0.3) is 10.9 Å². The molecule has 106 valence electrons. The molecule has 0 aliphatic heterocycles. The number of nitrogens with two attached hydrogens (primary N) is 1. The Morgan fingerprint density at radius 2 is 1.95 bits per heavy atom. The number of anilines is 2. The maximum atomic E-state index is 5.96. The number of halogens is 1. The molecule has 0 amide bonds. The monoisotopic (exact) mass is 341 g/mol. The van der Waals surface area contributed by atoms with Crippen LogP contribution in [0, 0.1) is 0 Å². The van der Waals surface area contributed by atoms with E-state index < -0.39 is 0 Å². The molecule has 3 nitrogen and oxygen atoms in total. The summed E-state index contributed by atoms with van der Waals surface area (Å²) in [6.07, 6.45) is 2.74. The zero-order valence-corrected chi connectivity index (χ0v) is 13.1. The molecule has 0 radical (unpaired) electrons. The lowest BCUT2D eigenvalue weighted by Crippen LogP contribution is -2.07. The Morgan fingerprint density at radius 3 is 2.86 bits per heavy atom. The highest BCUT2D eigenvalue weighted by Crippen LogP contribution is 2.23. The van der Waals surface area contributed by atoms with Crippen molar-refractivity contribution < 1.29 is 0 Å². The Bertz CT molecular complexity index is 766. The van der Waals surface area contributed by atoms with Gasteiger partial charge in [0.25, 0.3) is 0 Å². The fourth-order valence-electron chi connectivity index (χ4n) is 2.38. The molecule has 0 saturated heterocycles. The number of fused-ring (bicyclic) bond motifs is 1. The van der Waals surface area contributed by atoms with Gasteiger partial charge in [-0.2, -0.15) is 0 Å². The number of benzene rings is 2. The second-order valence-electron chi connectivity index (χ2n) is 4.90. The number of aromatic nitrogens is 1. The van der Waals surface area contributed by atoms with E-state index in [0.29, 0.717) is 0 Å². The summed E-state index contributed by atoms with van der Waals surface area (Å²) in [5.74, 6) is 0. The maximum absolute atomic E-state index is 5.96. The highest BCUT2D eigenvalue weighted by molar-refractivity contribution is 9.10. The topological polar surface area (TPSA) is 50.9 Å². The lowest BCUT2D eigenvalue weighted by molar-refractivity contribution is 1.03. The highest BCUT2D eigenvalue weighted by Gasteiger charge is 2.03. The van der Waals surface area contributed by atoms with E-state index in [1.807, 2.05) is 30.5 Å². The first-order valence-corrected chi connectivity index (χ1v) is 7.65. The lowest BCUT2D eigenvalue weighted by atomic mass is 10.1. The molecule has 0 atom stereocenters. The van der Waals surface area contributed by atoms with Crippen LogP contribution in [0.2, 0.25) is 0 Å². The van der Waals surface area contributed by atoms with E-state index in [4.69, 9.17) is 5.73 Å². The van der Waals surface area contributed by atoms with Crippen molar-refractivity contribution in [3.8, 4) is 0 Å². The third kappa shape index (κ3) is 3.16. The molecule has 0 saturated carbocycles. The Morgan fingerprint density at radius 1 is 1.10 bits per heavy atom. The smallest absolute Gasteiger partial charge is 0.0734 e. The van der Waals surface area contributed by atoms with E-state index in [1.165, 1.54) is 10.9 Å². The van der Waals surface area contributed by atoms with Crippen molar-refractivity contribution in [2.45, 2.75) is 6.42 Å². The molecule has 0 aliphatic rings. The van der Waals surface area contributed by atoms with E-state index >= 15 is 0 Å². The largest absolute Gasteiger partial charge is 0.397 e. The summed E-state index contributed by atoms with van der Waals surface area (Å²) < 4.78 is 1.02. The summed E-state index contributed by atoms with van der Waals surface area (Å²) >= 11 is 3.46. The van der Waals surface area contributed by atoms with Crippen molar-refractivity contribution in [1.82, 2.24) is 4.98 Å². The first-order chi connectivity index (χ1) is 10.2. The summed E-state index contributed by atoms with van der Waals surface area (Å²) in [5, 5.41) is 4.56. The van der Waals surface area contributed by atoms with Crippen molar-refractivity contribution in [3.63, 3.8) is 0 Å². The highest BCUT2D eigenvalue weighted by atomic mass is 79.9. The molecule has 1 heterocycles. The van der Waals surface area contributed by atoms with Crippen LogP contribution in [0.3, 0.4) is 0 Å². The SMILES string of the molecule is Nc1ccc(Br)cc1NCCc1cccc2cccnc12. The molecule has 0 fully saturated rings. The molecule has 0 bridgehead atoms. The molecule has 21 heavy (non-hydrogen) atoms. The van der Waals surface area contributed by atoms with Crippen LogP contribution in [0.4, 0.5) is 11.4 Å². The van der Waals surface area contributed by atoms with Gasteiger partial charge in [0, 0.05) is 22.6 Å². The maximum Gasteiger partial charge on any atom is 0.0734 e. The molecule has 1 aromatic heterocycles. The molecule has 3 rings (SSSR count). The molecule has 0 unspecified atom stereocenters. The fourth-order valence-corrected chi connectivity index (χ4v) is 2.74. The Labute approximate surface area is 132 Å². The van der Waals surface area contributed by atoms with Crippen LogP contribution in [0.5, 0.6) is 0 Å². The molecule has 0 spiro atoms. The number of nitrogen functional groups attached to an aromatic ring is 1. The first-order valence-electron chi connectivity index (χ1n) is 6.85. The summed E-state index contributed by atoms with van der Waals surface area (Å²) in [6.45, 7) is 0.816. The summed E-state index contributed by atoms with van der Waals surface area (Å²) in [4.78, 5) is 4.48. The molecule has 0 aliphatic carbocycles. The van der Waals surface area contributed by atoms with E-state index in [2.05, 4.69) is 50.5 Å². The minimum absolute atomic E-state index is 0.759. The molecular formula is C17H16BrN3. The van der Waals surface area contributed by atoms with Gasteiger partial charge in [0.05, 0.1) is 16.9 Å². The molecule has 3 N–H and O–H groups in total. The van der Waals surface area contributed by atoms with Crippen molar-refractivity contribution in [2.24, 2.45) is 0 Å². The number of nitrogens with zero attached hydrogens (tertiary/aromatic N) is 1. The molecular weight excluding hydrogens is 326 g/mol. The van der Waals surface area contributed by atoms with Gasteiger partial charge in [-0.05, 0) is 36.2 Å². The predicted octanol–water partition coefficient (Wildman–Crippen LogP) is 4.23. The predicted molar refractivity (Wildman–Crippen MR) is 92.5 cm³/mol. The molecule has 3 aromatic rings. The first kappa shape index (κ1) is 13.9. The number of hydrogen-bond acceptors (Lipinski definition) is 3. The van der Waals surface area contributed by atoms with Gasteiger partial charge in [-0.3, -0.25) is 4.98 Å². The molecule has 2 aromatic carbocycles. The van der Waals surface area contributed by atoms with Crippen LogP contribution in [-0.4, -0.2) is 11.5 Å². The second kappa shape index (κ2) is 6.14. The van der Waals surface area contributed by atoms with Gasteiger partial charge in [-0.1, -0.05) is 40.2 Å². The average molecular weight is 342 g/mol. The van der Waals surface area contributed by atoms with Crippen LogP contribution in [0.15, 0.2) is 59.2 Å². The third-order valence-corrected chi connectivity index (χ3v) is 3.93. The normalized spacial score (nSPS) is 10.7. The van der Waals surface area contributed by atoms with Gasteiger partial charge in [-0.15, -0.1) is 0 Å². The number of pyridine rings is 1. The summed E-state index contributed by atoms with van der Waals surface area (Å²) in [5.41, 5.74) is 10.00. The van der Waals surface area contributed by atoms with E-state index in [9.17, 15) is 0 Å². The van der Waals surface area contributed by atoms with Crippen molar-refractivity contribution in [3.05, 3.63) is 64.8 Å². The van der Waals surface area contributed by atoms with Gasteiger partial charge < -0.3 is 11.1 Å². The Kier molecular flexibility index (Phi) is 4.06. The van der Waals surface area contributed by atoms with E-state index in [1.54, 1.807) is 0 Å². The Balaban J connectivity index is 1.74. The van der Waals surface area contributed by atoms with Crippen molar-refractivity contribution >= 4 is 38.2 Å². The van der Waals surface area contributed by atoms with Gasteiger partial charge in [0.1, 0.15) is 0 Å². The standard InChI is InChI=1S/C17H16BrN3/c18-14-6-7-15(19)16(11-14)20-10-8-13-4-1-3-12-5-2-9-21-17(12)13/h1-7,9,11,20H,8,10,19H2. The van der Waals surface area contributed by atoms with Gasteiger partial charge >= 0.3 is 0 Å². The number of hydrogen-bond donors (Lipinski definition) is 2. The minimum atomic E-state index is 0.759. The fraction of sp³-hybridized carbons (Fsp3) is 0.118. The number of rotatable bonds is 4. The second-order valence-corrected chi connectivity index (χ2v) is 5.82. The zero-order valence-electron chi connectivity index (χ0n) is 11.5. The van der Waals surface area contributed by atoms with Crippen molar-refractivity contribution in [1.29, 1.82) is 0 Å². The number of nitrogens with one attached hydrogen (secondary N) is 1. The van der Waals surface area contributed by atoms with E-state index in [0.717, 1.165) is 34.3 Å². The quantitative estimate of drug-likeness (QED) is 0.698. The lowest BCUT2D eigenvalue weighted by Gasteiger charge is -2.10. The van der Waals surface area contributed by atoms with Crippen LogP contribution in [0.1, 0.15) is 5.56 Å². The van der Waals surface area contributed by atoms with Gasteiger partial charge in [0.2, 0.25) is 0 Å². The van der Waals surface area contributed by atoms with Crippen LogP contribution < -0.4 is 11.1 Å². The minimum Gasteiger partial charge on any atom is -0.397 e. The third-order valence-electron chi connectivity index (χ3n) is 3.44. The van der Waals surface area contributed by atoms with Gasteiger partial charge in [-0.25, -0.2) is 0 Å². The zero-order chi connectivity index (χ0) is 14.7.